The van der Waals surface area contributed by atoms with Crippen LogP contribution in [0.25, 0.3) is 11.4 Å². The second-order valence-corrected chi connectivity index (χ2v) is 9.92. The molecule has 1 aromatic heterocycles. The lowest BCUT2D eigenvalue weighted by atomic mass is 9.93. The van der Waals surface area contributed by atoms with Crippen molar-refractivity contribution in [3.8, 4) is 17.1 Å². The number of likely N-dealkylation sites (tertiary alicyclic amines) is 1. The van der Waals surface area contributed by atoms with Crippen LogP contribution in [0.15, 0.2) is 53.1 Å². The van der Waals surface area contributed by atoms with Gasteiger partial charge in [0.2, 0.25) is 17.6 Å². The van der Waals surface area contributed by atoms with Gasteiger partial charge in [0.25, 0.3) is 0 Å². The molecule has 1 aliphatic rings. The third-order valence-corrected chi connectivity index (χ3v) is 6.52. The van der Waals surface area contributed by atoms with E-state index in [1.807, 2.05) is 55.5 Å². The summed E-state index contributed by atoms with van der Waals surface area (Å²) in [5.74, 6) is 2.52. The van der Waals surface area contributed by atoms with Gasteiger partial charge in [-0.05, 0) is 62.4 Å². The number of rotatable bonds is 9. The molecule has 2 aromatic carbocycles. The van der Waals surface area contributed by atoms with Crippen molar-refractivity contribution in [2.45, 2.75) is 52.6 Å². The summed E-state index contributed by atoms with van der Waals surface area (Å²) >= 11 is 0. The van der Waals surface area contributed by atoms with Crippen molar-refractivity contribution in [1.29, 1.82) is 0 Å². The zero-order valence-corrected chi connectivity index (χ0v) is 21.2. The number of hydrogen-bond acceptors (Lipinski definition) is 6. The Hall–Kier alpha value is -3.19. The molecule has 0 saturated carbocycles. The molecule has 35 heavy (non-hydrogen) atoms. The second kappa shape index (κ2) is 11.5. The summed E-state index contributed by atoms with van der Waals surface area (Å²) in [7, 11) is 1.66. The average Bonchev–Trinajstić information content (AvgIpc) is 3.32. The van der Waals surface area contributed by atoms with Crippen molar-refractivity contribution in [2.24, 2.45) is 11.8 Å². The summed E-state index contributed by atoms with van der Waals surface area (Å²) in [4.78, 5) is 20.1. The first-order valence-corrected chi connectivity index (χ1v) is 12.5. The largest absolute Gasteiger partial charge is 0.497 e. The Bertz CT molecular complexity index is 1110. The summed E-state index contributed by atoms with van der Waals surface area (Å²) in [5, 5.41) is 7.49. The molecule has 7 heteroatoms. The predicted octanol–water partition coefficient (Wildman–Crippen LogP) is 5.17. The molecular formula is C28H36N4O3. The standard InChI is InChI=1S/C28H36N4O3/c1-19(2)15-25(21-10-12-24(34-4)13-11-21)29-28(33)23-9-6-14-32(17-23)18-26-30-27(31-35-26)22-8-5-7-20(3)16-22/h5,7-8,10-13,16,19,23,25H,6,9,14-15,17-18H2,1-4H3,(H,29,33). The third-order valence-electron chi connectivity index (χ3n) is 6.52. The summed E-state index contributed by atoms with van der Waals surface area (Å²) in [6.07, 6.45) is 2.74. The van der Waals surface area contributed by atoms with E-state index in [0.717, 1.165) is 48.2 Å². The molecule has 2 heterocycles. The number of nitrogens with zero attached hydrogens (tertiary/aromatic N) is 3. The van der Waals surface area contributed by atoms with Crippen molar-refractivity contribution >= 4 is 5.91 Å². The van der Waals surface area contributed by atoms with Crippen LogP contribution >= 0.6 is 0 Å². The van der Waals surface area contributed by atoms with Crippen molar-refractivity contribution in [1.82, 2.24) is 20.4 Å². The molecule has 0 radical (unpaired) electrons. The number of carbonyl (C=O) groups is 1. The van der Waals surface area contributed by atoms with Gasteiger partial charge in [-0.15, -0.1) is 0 Å². The second-order valence-electron chi connectivity index (χ2n) is 9.92. The number of methoxy groups -OCH3 is 1. The fourth-order valence-electron chi connectivity index (χ4n) is 4.70. The van der Waals surface area contributed by atoms with Gasteiger partial charge in [0.15, 0.2) is 0 Å². The van der Waals surface area contributed by atoms with Gasteiger partial charge in [0.05, 0.1) is 25.6 Å². The van der Waals surface area contributed by atoms with E-state index in [2.05, 4.69) is 34.2 Å². The smallest absolute Gasteiger partial charge is 0.241 e. The van der Waals surface area contributed by atoms with Crippen LogP contribution in [0, 0.1) is 18.8 Å². The summed E-state index contributed by atoms with van der Waals surface area (Å²) in [6.45, 7) is 8.56. The van der Waals surface area contributed by atoms with Crippen LogP contribution in [0.4, 0.5) is 0 Å². The lowest BCUT2D eigenvalue weighted by Crippen LogP contribution is -2.43. The molecule has 186 valence electrons. The van der Waals surface area contributed by atoms with Crippen LogP contribution < -0.4 is 10.1 Å². The van der Waals surface area contributed by atoms with Crippen LogP contribution in [0.5, 0.6) is 5.75 Å². The van der Waals surface area contributed by atoms with Crippen molar-refractivity contribution in [3.63, 3.8) is 0 Å². The van der Waals surface area contributed by atoms with Gasteiger partial charge in [0.1, 0.15) is 5.75 Å². The van der Waals surface area contributed by atoms with Gasteiger partial charge < -0.3 is 14.6 Å². The number of piperidine rings is 1. The average molecular weight is 477 g/mol. The Morgan fingerprint density at radius 1 is 1.23 bits per heavy atom. The van der Waals surface area contributed by atoms with Crippen molar-refractivity contribution in [2.75, 3.05) is 20.2 Å². The Kier molecular flexibility index (Phi) is 8.18. The highest BCUT2D eigenvalue weighted by Gasteiger charge is 2.29. The van der Waals surface area contributed by atoms with Gasteiger partial charge in [-0.25, -0.2) is 0 Å². The lowest BCUT2D eigenvalue weighted by Gasteiger charge is -2.32. The quantitative estimate of drug-likeness (QED) is 0.459. The molecule has 1 saturated heterocycles. The fraction of sp³-hybridized carbons (Fsp3) is 0.464. The molecule has 7 nitrogen and oxygen atoms in total. The minimum atomic E-state index is -0.0594. The van der Waals surface area contributed by atoms with Gasteiger partial charge in [-0.2, -0.15) is 4.98 Å². The molecule has 0 aliphatic carbocycles. The highest BCUT2D eigenvalue weighted by Crippen LogP contribution is 2.26. The lowest BCUT2D eigenvalue weighted by molar-refractivity contribution is -0.127. The van der Waals surface area contributed by atoms with E-state index in [-0.39, 0.29) is 17.9 Å². The topological polar surface area (TPSA) is 80.5 Å². The van der Waals surface area contributed by atoms with Gasteiger partial charge in [-0.3, -0.25) is 9.69 Å². The molecule has 3 aromatic rings. The number of aryl methyl sites for hydroxylation is 1. The number of nitrogens with one attached hydrogen (secondary N) is 1. The van der Waals surface area contributed by atoms with E-state index in [0.29, 0.717) is 30.7 Å². The molecule has 1 fully saturated rings. The SMILES string of the molecule is COc1ccc(C(CC(C)C)NC(=O)C2CCCN(Cc3nc(-c4cccc(C)c4)no3)C2)cc1. The van der Waals surface area contributed by atoms with E-state index in [1.165, 1.54) is 0 Å². The Morgan fingerprint density at radius 3 is 2.74 bits per heavy atom. The molecule has 0 spiro atoms. The number of carbonyl (C=O) groups excluding carboxylic acids is 1. The molecule has 0 bridgehead atoms. The van der Waals surface area contributed by atoms with Crippen molar-refractivity contribution < 1.29 is 14.1 Å². The highest BCUT2D eigenvalue weighted by molar-refractivity contribution is 5.79. The molecular weight excluding hydrogens is 440 g/mol. The van der Waals surface area contributed by atoms with E-state index in [1.54, 1.807) is 7.11 Å². The maximum Gasteiger partial charge on any atom is 0.241 e. The zero-order chi connectivity index (χ0) is 24.8. The van der Waals surface area contributed by atoms with E-state index < -0.39 is 0 Å². The van der Waals surface area contributed by atoms with Crippen LogP contribution in [0.3, 0.4) is 0 Å². The number of amides is 1. The van der Waals surface area contributed by atoms with Crippen LogP contribution in [0.2, 0.25) is 0 Å². The first kappa shape index (κ1) is 24.9. The van der Waals surface area contributed by atoms with E-state index in [4.69, 9.17) is 9.26 Å². The maximum atomic E-state index is 13.3. The Morgan fingerprint density at radius 2 is 2.03 bits per heavy atom. The van der Waals surface area contributed by atoms with Gasteiger partial charge in [-0.1, -0.05) is 54.9 Å². The first-order chi connectivity index (χ1) is 16.9. The zero-order valence-electron chi connectivity index (χ0n) is 21.2. The summed E-state index contributed by atoms with van der Waals surface area (Å²) in [5.41, 5.74) is 3.21. The summed E-state index contributed by atoms with van der Waals surface area (Å²) < 4.78 is 10.8. The van der Waals surface area contributed by atoms with E-state index in [9.17, 15) is 4.79 Å². The fourth-order valence-corrected chi connectivity index (χ4v) is 4.70. The minimum Gasteiger partial charge on any atom is -0.497 e. The third kappa shape index (κ3) is 6.69. The normalized spacial score (nSPS) is 17.3. The minimum absolute atomic E-state index is 0.0170. The monoisotopic (exact) mass is 476 g/mol. The summed E-state index contributed by atoms with van der Waals surface area (Å²) in [6, 6.07) is 16.0. The maximum absolute atomic E-state index is 13.3. The number of ether oxygens (including phenoxy) is 1. The van der Waals surface area contributed by atoms with Gasteiger partial charge in [0, 0.05) is 12.1 Å². The molecule has 1 aliphatic heterocycles. The number of benzene rings is 2. The van der Waals surface area contributed by atoms with Crippen LogP contribution in [-0.2, 0) is 11.3 Å². The van der Waals surface area contributed by atoms with Gasteiger partial charge >= 0.3 is 0 Å². The Balaban J connectivity index is 1.38. The molecule has 1 amide bonds. The van der Waals surface area contributed by atoms with Crippen LogP contribution in [0.1, 0.15) is 56.2 Å². The Labute approximate surface area is 207 Å². The molecule has 4 rings (SSSR count). The molecule has 1 N–H and O–H groups in total. The molecule has 2 atom stereocenters. The predicted molar refractivity (Wildman–Crippen MR) is 136 cm³/mol. The van der Waals surface area contributed by atoms with Crippen LogP contribution in [-0.4, -0.2) is 41.1 Å². The van der Waals surface area contributed by atoms with Crippen molar-refractivity contribution in [3.05, 3.63) is 65.5 Å². The van der Waals surface area contributed by atoms with E-state index >= 15 is 0 Å². The highest BCUT2D eigenvalue weighted by atomic mass is 16.5. The number of aromatic nitrogens is 2. The molecule has 2 unspecified atom stereocenters. The number of hydrogen-bond donors (Lipinski definition) is 1. The first-order valence-electron chi connectivity index (χ1n) is 12.5.